The maximum atomic E-state index is 14.6. The average Bonchev–Trinajstić information content (AvgIpc) is 4.01. The molecule has 0 radical (unpaired) electrons. The first-order chi connectivity index (χ1) is 26.1. The van der Waals surface area contributed by atoms with Gasteiger partial charge in [0.2, 0.25) is 15.9 Å². The van der Waals surface area contributed by atoms with Crippen LogP contribution in [0.3, 0.4) is 0 Å². The van der Waals surface area contributed by atoms with Crippen LogP contribution in [0.15, 0.2) is 54.6 Å². The van der Waals surface area contributed by atoms with Gasteiger partial charge in [0.1, 0.15) is 29.7 Å². The summed E-state index contributed by atoms with van der Waals surface area (Å²) < 4.78 is 91.8. The van der Waals surface area contributed by atoms with Gasteiger partial charge in [-0.1, -0.05) is 37.1 Å². The molecule has 17 heteroatoms. The molecule has 6 atom stereocenters. The summed E-state index contributed by atoms with van der Waals surface area (Å²) in [6.45, 7) is 3.88. The van der Waals surface area contributed by atoms with Gasteiger partial charge >= 0.3 is 6.18 Å². The van der Waals surface area contributed by atoms with Gasteiger partial charge in [-0.15, -0.1) is 0 Å². The van der Waals surface area contributed by atoms with Crippen LogP contribution in [0.5, 0.6) is 6.01 Å². The summed E-state index contributed by atoms with van der Waals surface area (Å²) in [4.78, 5) is 34.4. The van der Waals surface area contributed by atoms with Crippen LogP contribution in [0.1, 0.15) is 83.2 Å². The quantitative estimate of drug-likeness (QED) is 0.174. The fraction of sp³-hybridized carbons (Fsp3) is 0.553. The summed E-state index contributed by atoms with van der Waals surface area (Å²) in [5.74, 6) is -2.92. The van der Waals surface area contributed by atoms with Crippen molar-refractivity contribution in [3.8, 4) is 6.01 Å². The SMILES string of the molecule is CC(C)n1c(O[C@@H]2C[C@H]3[C@@H](O)N[C@]4(C(=O)NS(=O)(=O)C5CC5)C[C@H]4/C=C\CCCCC[C@H](Nc4cc(F)cc(C(F)(F)F)c4)C(=O)N3C2)nc2ccccc21. The van der Waals surface area contributed by atoms with E-state index < -0.39 is 80.5 Å². The number of aliphatic hydroxyl groups is 1. The molecule has 55 heavy (non-hydrogen) atoms. The number of carbonyl (C=O) groups is 2. The van der Waals surface area contributed by atoms with Gasteiger partial charge in [-0.3, -0.25) is 24.2 Å². The lowest BCUT2D eigenvalue weighted by Crippen LogP contribution is -2.59. The Bertz CT molecular complexity index is 2070. The van der Waals surface area contributed by atoms with Crippen LogP contribution in [0.25, 0.3) is 11.0 Å². The number of alkyl halides is 3. The minimum Gasteiger partial charge on any atom is -0.459 e. The summed E-state index contributed by atoms with van der Waals surface area (Å²) in [5.41, 5.74) is -1.40. The number of amides is 2. The van der Waals surface area contributed by atoms with Gasteiger partial charge in [0.15, 0.2) is 0 Å². The molecule has 3 heterocycles. The minimum atomic E-state index is -4.83. The van der Waals surface area contributed by atoms with Crippen molar-refractivity contribution in [3.63, 3.8) is 0 Å². The molecule has 3 aromatic rings. The minimum absolute atomic E-state index is 0.0583. The Kier molecular flexibility index (Phi) is 10.7. The second kappa shape index (κ2) is 15.0. The number of fused-ring (bicyclic) bond motifs is 3. The maximum Gasteiger partial charge on any atom is 0.416 e. The number of aliphatic hydroxyl groups excluding tert-OH is 1. The van der Waals surface area contributed by atoms with Crippen LogP contribution in [0, 0.1) is 11.7 Å². The van der Waals surface area contributed by atoms with Crippen LogP contribution in [-0.4, -0.2) is 81.5 Å². The van der Waals surface area contributed by atoms with E-state index in [9.17, 15) is 40.7 Å². The number of sulfonamides is 1. The van der Waals surface area contributed by atoms with Gasteiger partial charge < -0.3 is 20.1 Å². The van der Waals surface area contributed by atoms with E-state index >= 15 is 0 Å². The molecular weight excluding hydrogens is 745 g/mol. The van der Waals surface area contributed by atoms with E-state index in [4.69, 9.17) is 4.74 Å². The van der Waals surface area contributed by atoms with Gasteiger partial charge in [0.25, 0.3) is 11.9 Å². The summed E-state index contributed by atoms with van der Waals surface area (Å²) in [6.07, 6.45) is 0.468. The molecule has 1 aromatic heterocycles. The molecule has 2 aliphatic heterocycles. The number of hydrogen-bond acceptors (Lipinski definition) is 9. The van der Waals surface area contributed by atoms with Crippen LogP contribution < -0.4 is 20.1 Å². The van der Waals surface area contributed by atoms with Crippen molar-refractivity contribution in [1.82, 2.24) is 24.5 Å². The lowest BCUT2D eigenvalue weighted by molar-refractivity contribution is -0.138. The third-order valence-corrected chi connectivity index (χ3v) is 12.7. The molecule has 4 aliphatic rings. The zero-order valence-corrected chi connectivity index (χ0v) is 31.4. The Morgan fingerprint density at radius 1 is 1.11 bits per heavy atom. The number of nitrogens with one attached hydrogen (secondary N) is 3. The molecule has 7 rings (SSSR count). The number of halogens is 4. The number of anilines is 1. The maximum absolute atomic E-state index is 14.6. The second-order valence-corrected chi connectivity index (χ2v) is 17.4. The third kappa shape index (κ3) is 8.33. The van der Waals surface area contributed by atoms with E-state index in [0.717, 1.165) is 17.6 Å². The van der Waals surface area contributed by atoms with Gasteiger partial charge in [-0.2, -0.15) is 18.2 Å². The van der Waals surface area contributed by atoms with E-state index in [1.54, 1.807) is 0 Å². The number of aromatic nitrogens is 2. The van der Waals surface area contributed by atoms with E-state index in [-0.39, 0.29) is 37.5 Å². The monoisotopic (exact) mass is 790 g/mol. The van der Waals surface area contributed by atoms with Gasteiger partial charge in [-0.05, 0) is 82.7 Å². The number of rotatable bonds is 8. The fourth-order valence-electron chi connectivity index (χ4n) is 7.82. The molecular formula is C38H46F4N6O6S. The summed E-state index contributed by atoms with van der Waals surface area (Å²) in [6, 6.07) is 7.60. The predicted octanol–water partition coefficient (Wildman–Crippen LogP) is 5.40. The number of ether oxygens (including phenoxy) is 1. The average molecular weight is 791 g/mol. The van der Waals surface area contributed by atoms with Crippen LogP contribution >= 0.6 is 0 Å². The molecule has 12 nitrogen and oxygen atoms in total. The summed E-state index contributed by atoms with van der Waals surface area (Å²) in [5, 5.41) is 17.2. The molecule has 4 N–H and O–H groups in total. The Morgan fingerprint density at radius 2 is 1.87 bits per heavy atom. The van der Waals surface area contributed by atoms with E-state index in [1.165, 1.54) is 4.90 Å². The molecule has 0 spiro atoms. The molecule has 2 aliphatic carbocycles. The standard InChI is InChI=1S/C38H46F4N6O6S/c1-22(2)48-31-13-9-8-11-29(31)44-36(48)54-27-19-32-33(49)45-37(35(51)46-55(52,53)28-14-15-28)20-23(37)10-6-4-3-5-7-12-30(34(50)47(32)21-27)43-26-17-24(38(40,41)42)16-25(39)18-26/h6,8-11,13,16-18,22-23,27-28,30,32-33,43,45,49H,3-5,7,12,14-15,19-21H2,1-2H3,(H,46,51)/b10-6-/t23-,27-,30+,32+,33-,37-/m1/s1. The number of imidazole rings is 1. The molecule has 2 amide bonds. The topological polar surface area (TPSA) is 155 Å². The Hall–Kier alpha value is -4.22. The number of carbonyl (C=O) groups excluding carboxylic acids is 2. The highest BCUT2D eigenvalue weighted by molar-refractivity contribution is 7.91. The van der Waals surface area contributed by atoms with Crippen molar-refractivity contribution in [2.24, 2.45) is 5.92 Å². The van der Waals surface area contributed by atoms with E-state index in [2.05, 4.69) is 20.3 Å². The van der Waals surface area contributed by atoms with Crippen LogP contribution in [-0.2, 0) is 25.8 Å². The largest absolute Gasteiger partial charge is 0.459 e. The molecule has 3 fully saturated rings. The normalized spacial score (nSPS) is 28.5. The molecule has 2 aromatic carbocycles. The molecule has 0 bridgehead atoms. The number of benzene rings is 2. The fourth-order valence-corrected chi connectivity index (χ4v) is 9.18. The lowest BCUT2D eigenvalue weighted by Gasteiger charge is -2.34. The van der Waals surface area contributed by atoms with Crippen LogP contribution in [0.2, 0.25) is 0 Å². The first-order valence-corrected chi connectivity index (χ1v) is 20.4. The highest BCUT2D eigenvalue weighted by Gasteiger charge is 2.62. The zero-order chi connectivity index (χ0) is 39.3. The summed E-state index contributed by atoms with van der Waals surface area (Å²) in [7, 11) is -3.92. The van der Waals surface area contributed by atoms with Gasteiger partial charge in [0, 0.05) is 24.1 Å². The van der Waals surface area contributed by atoms with E-state index in [1.807, 2.05) is 54.8 Å². The van der Waals surface area contributed by atoms with Crippen LogP contribution in [0.4, 0.5) is 23.2 Å². The molecule has 2 saturated carbocycles. The zero-order valence-electron chi connectivity index (χ0n) is 30.6. The number of hydrogen-bond donors (Lipinski definition) is 4. The Labute approximate surface area is 316 Å². The van der Waals surface area contributed by atoms with Crippen molar-refractivity contribution < 1.29 is 45.4 Å². The van der Waals surface area contributed by atoms with Gasteiger partial charge in [0.05, 0.1) is 34.4 Å². The Morgan fingerprint density at radius 3 is 2.60 bits per heavy atom. The smallest absolute Gasteiger partial charge is 0.416 e. The summed E-state index contributed by atoms with van der Waals surface area (Å²) >= 11 is 0. The highest BCUT2D eigenvalue weighted by Crippen LogP contribution is 2.46. The molecule has 0 unspecified atom stereocenters. The molecule has 1 saturated heterocycles. The first-order valence-electron chi connectivity index (χ1n) is 18.8. The van der Waals surface area contributed by atoms with E-state index in [0.29, 0.717) is 56.1 Å². The number of allylic oxidation sites excluding steroid dienone is 1. The highest BCUT2D eigenvalue weighted by atomic mass is 32.2. The predicted molar refractivity (Wildman–Crippen MR) is 196 cm³/mol. The molecule has 298 valence electrons. The van der Waals surface area contributed by atoms with Gasteiger partial charge in [-0.25, -0.2) is 12.8 Å². The second-order valence-electron chi connectivity index (χ2n) is 15.4. The van der Waals surface area contributed by atoms with Crippen molar-refractivity contribution in [3.05, 3.63) is 66.0 Å². The Balaban J connectivity index is 1.22. The third-order valence-electron chi connectivity index (χ3n) is 10.9. The van der Waals surface area contributed by atoms with Crippen molar-refractivity contribution in [2.75, 3.05) is 11.9 Å². The van der Waals surface area contributed by atoms with Crippen molar-refractivity contribution in [1.29, 1.82) is 0 Å². The number of para-hydroxylation sites is 2. The number of nitrogens with zero attached hydrogens (tertiary/aromatic N) is 3. The lowest BCUT2D eigenvalue weighted by atomic mass is 10.0. The van der Waals surface area contributed by atoms with Crippen molar-refractivity contribution >= 4 is 38.6 Å². The first kappa shape index (κ1) is 39.0. The van der Waals surface area contributed by atoms with Crippen molar-refractivity contribution in [2.45, 2.75) is 119 Å².